The van der Waals surface area contributed by atoms with Crippen molar-refractivity contribution in [3.63, 3.8) is 0 Å². The molecule has 2 heteroatoms. The summed E-state index contributed by atoms with van der Waals surface area (Å²) in [6.45, 7) is 6.66. The summed E-state index contributed by atoms with van der Waals surface area (Å²) in [6.07, 6.45) is 2.86. The first kappa shape index (κ1) is 32.2. The molecule has 0 aliphatic carbocycles. The van der Waals surface area contributed by atoms with Crippen molar-refractivity contribution >= 4 is 60.5 Å². The Bertz CT molecular complexity index is 2850. The van der Waals surface area contributed by atoms with Crippen molar-refractivity contribution in [3.8, 4) is 22.3 Å². The van der Waals surface area contributed by atoms with E-state index in [0.29, 0.717) is 0 Å². The van der Waals surface area contributed by atoms with Crippen LogP contribution in [0.1, 0.15) is 30.0 Å². The number of hydrogen-bond donors (Lipinski definition) is 0. The van der Waals surface area contributed by atoms with Crippen LogP contribution < -0.4 is 0 Å². The third kappa shape index (κ3) is 6.05. The van der Waals surface area contributed by atoms with Crippen LogP contribution >= 0.6 is 0 Å². The van der Waals surface area contributed by atoms with Crippen molar-refractivity contribution in [2.45, 2.75) is 13.3 Å². The molecule has 9 aromatic rings. The maximum absolute atomic E-state index is 6.65. The van der Waals surface area contributed by atoms with Gasteiger partial charge in [0.25, 0.3) is 0 Å². The van der Waals surface area contributed by atoms with Crippen LogP contribution in [0.3, 0.4) is 0 Å². The highest BCUT2D eigenvalue weighted by molar-refractivity contribution is 6.25. The van der Waals surface area contributed by atoms with Crippen molar-refractivity contribution in [2.24, 2.45) is 4.99 Å². The minimum atomic E-state index is 0.735. The van der Waals surface area contributed by atoms with E-state index in [-0.39, 0.29) is 0 Å². The highest BCUT2D eigenvalue weighted by Gasteiger charge is 2.18. The average molecular weight is 680 g/mol. The van der Waals surface area contributed by atoms with Crippen LogP contribution in [0.5, 0.6) is 0 Å². The van der Waals surface area contributed by atoms with Gasteiger partial charge in [-0.2, -0.15) is 0 Å². The van der Waals surface area contributed by atoms with Gasteiger partial charge in [-0.3, -0.25) is 4.99 Å². The molecule has 0 aliphatic heterocycles. The molecule has 0 atom stereocenters. The molecule has 2 nitrogen and oxygen atoms in total. The van der Waals surface area contributed by atoms with E-state index in [0.717, 1.165) is 83.8 Å². The summed E-state index contributed by atoms with van der Waals surface area (Å²) in [6, 6.07) is 62.0. The molecule has 0 unspecified atom stereocenters. The predicted molar refractivity (Wildman–Crippen MR) is 226 cm³/mol. The molecule has 252 valence electrons. The largest absolute Gasteiger partial charge is 0.456 e. The minimum Gasteiger partial charge on any atom is -0.456 e. The van der Waals surface area contributed by atoms with Gasteiger partial charge in [0, 0.05) is 27.6 Å². The second kappa shape index (κ2) is 13.7. The van der Waals surface area contributed by atoms with Crippen LogP contribution in [0.2, 0.25) is 0 Å². The molecule has 9 rings (SSSR count). The first-order valence-corrected chi connectivity index (χ1v) is 18.2. The Kier molecular flexibility index (Phi) is 8.34. The Labute approximate surface area is 309 Å². The lowest BCUT2D eigenvalue weighted by Crippen LogP contribution is -2.02. The summed E-state index contributed by atoms with van der Waals surface area (Å²) >= 11 is 0. The number of fused-ring (bicyclic) bond motifs is 6. The van der Waals surface area contributed by atoms with Crippen molar-refractivity contribution in [1.29, 1.82) is 0 Å². The Morgan fingerprint density at radius 3 is 1.89 bits per heavy atom. The van der Waals surface area contributed by atoms with Gasteiger partial charge in [0.2, 0.25) is 0 Å². The van der Waals surface area contributed by atoms with Crippen LogP contribution in [0.15, 0.2) is 198 Å². The minimum absolute atomic E-state index is 0.735. The molecule has 0 radical (unpaired) electrons. The molecule has 0 saturated heterocycles. The molecular formula is C51H37NO. The zero-order valence-corrected chi connectivity index (χ0v) is 29.6. The van der Waals surface area contributed by atoms with E-state index in [4.69, 9.17) is 9.41 Å². The first-order chi connectivity index (χ1) is 26.1. The number of allylic oxidation sites excluding steroid dienone is 2. The van der Waals surface area contributed by atoms with E-state index in [9.17, 15) is 0 Å². The second-order valence-corrected chi connectivity index (χ2v) is 13.5. The molecule has 8 aromatic carbocycles. The molecule has 0 bridgehead atoms. The fraction of sp³-hybridized carbons (Fsp3) is 0.0392. The molecule has 0 amide bonds. The SMILES string of the molecule is C=C(/C=C(\N=C(/CC)c1cc2oc3ccc(-c4ccc(-c5ccccc5)cc4)cc3c2c2ccccc12)c1cccc2ccccc12)c1ccccc1. The summed E-state index contributed by atoms with van der Waals surface area (Å²) in [5.74, 6) is 0. The van der Waals surface area contributed by atoms with Gasteiger partial charge in [-0.25, -0.2) is 0 Å². The molecule has 0 spiro atoms. The Morgan fingerprint density at radius 1 is 0.528 bits per heavy atom. The van der Waals surface area contributed by atoms with Crippen LogP contribution in [0.25, 0.3) is 77.0 Å². The fourth-order valence-electron chi connectivity index (χ4n) is 7.54. The fourth-order valence-corrected chi connectivity index (χ4v) is 7.54. The summed E-state index contributed by atoms with van der Waals surface area (Å²) in [7, 11) is 0. The Balaban J connectivity index is 1.19. The van der Waals surface area contributed by atoms with E-state index in [1.165, 1.54) is 22.1 Å². The third-order valence-electron chi connectivity index (χ3n) is 10.2. The molecule has 0 fully saturated rings. The highest BCUT2D eigenvalue weighted by Crippen LogP contribution is 2.40. The highest BCUT2D eigenvalue weighted by atomic mass is 16.3. The molecule has 0 aliphatic rings. The number of furan rings is 1. The summed E-state index contributed by atoms with van der Waals surface area (Å²) in [4.78, 5) is 5.52. The van der Waals surface area contributed by atoms with Gasteiger partial charge >= 0.3 is 0 Å². The van der Waals surface area contributed by atoms with Crippen LogP contribution in [-0.4, -0.2) is 5.71 Å². The monoisotopic (exact) mass is 679 g/mol. The lowest BCUT2D eigenvalue weighted by molar-refractivity contribution is 0.669. The lowest BCUT2D eigenvalue weighted by Gasteiger charge is -2.14. The number of hydrogen-bond acceptors (Lipinski definition) is 2. The predicted octanol–water partition coefficient (Wildman–Crippen LogP) is 14.2. The normalized spacial score (nSPS) is 12.2. The Hall–Kier alpha value is -6.77. The maximum atomic E-state index is 6.65. The smallest absolute Gasteiger partial charge is 0.136 e. The Morgan fingerprint density at radius 2 is 1.13 bits per heavy atom. The van der Waals surface area contributed by atoms with Crippen molar-refractivity contribution < 1.29 is 4.42 Å². The van der Waals surface area contributed by atoms with Gasteiger partial charge in [-0.05, 0) is 85.6 Å². The van der Waals surface area contributed by atoms with E-state index < -0.39 is 0 Å². The summed E-state index contributed by atoms with van der Waals surface area (Å²) < 4.78 is 6.65. The summed E-state index contributed by atoms with van der Waals surface area (Å²) in [5.41, 5.74) is 12.5. The topological polar surface area (TPSA) is 25.5 Å². The number of rotatable bonds is 8. The quantitative estimate of drug-likeness (QED) is 0.116. The van der Waals surface area contributed by atoms with E-state index in [1.807, 2.05) is 18.2 Å². The van der Waals surface area contributed by atoms with Crippen LogP contribution in [-0.2, 0) is 0 Å². The zero-order valence-electron chi connectivity index (χ0n) is 29.6. The van der Waals surface area contributed by atoms with Gasteiger partial charge in [-0.15, -0.1) is 0 Å². The first-order valence-electron chi connectivity index (χ1n) is 18.2. The molecular weight excluding hydrogens is 643 g/mol. The van der Waals surface area contributed by atoms with Gasteiger partial charge in [0.15, 0.2) is 0 Å². The molecule has 0 N–H and O–H groups in total. The second-order valence-electron chi connectivity index (χ2n) is 13.5. The van der Waals surface area contributed by atoms with Gasteiger partial charge in [-0.1, -0.05) is 171 Å². The van der Waals surface area contributed by atoms with Crippen molar-refractivity contribution in [3.05, 3.63) is 205 Å². The van der Waals surface area contributed by atoms with E-state index in [1.54, 1.807) is 0 Å². The van der Waals surface area contributed by atoms with Gasteiger partial charge in [0.05, 0.1) is 5.70 Å². The molecule has 1 aromatic heterocycles. The number of nitrogens with zero attached hydrogens (tertiary/aromatic N) is 1. The van der Waals surface area contributed by atoms with Crippen LogP contribution in [0, 0.1) is 0 Å². The zero-order chi connectivity index (χ0) is 35.7. The third-order valence-corrected chi connectivity index (χ3v) is 10.2. The molecule has 1 heterocycles. The van der Waals surface area contributed by atoms with E-state index in [2.05, 4.69) is 177 Å². The maximum Gasteiger partial charge on any atom is 0.136 e. The standard InChI is InChI=1S/C51H37NO/c1-3-47(52-48(31-34(2)35-15-6-4-7-16-35)43-24-14-20-39-19-10-11-21-41(39)43)45-33-50-51(44-23-13-12-22-42(44)45)46-32-40(29-30-49(46)53-50)38-27-25-37(26-28-38)36-17-8-5-9-18-36/h4-33H,2-3H2,1H3/b48-31-,52-47+. The van der Waals surface area contributed by atoms with Gasteiger partial charge in [0.1, 0.15) is 11.2 Å². The molecule has 0 saturated carbocycles. The van der Waals surface area contributed by atoms with Crippen LogP contribution in [0.4, 0.5) is 0 Å². The number of benzene rings is 8. The lowest BCUT2D eigenvalue weighted by atomic mass is 9.94. The van der Waals surface area contributed by atoms with Crippen molar-refractivity contribution in [1.82, 2.24) is 0 Å². The van der Waals surface area contributed by atoms with E-state index >= 15 is 0 Å². The number of aliphatic imine (C=N–C) groups is 1. The molecule has 53 heavy (non-hydrogen) atoms. The average Bonchev–Trinajstić information content (AvgIpc) is 3.60. The van der Waals surface area contributed by atoms with Crippen molar-refractivity contribution in [2.75, 3.05) is 0 Å². The summed E-state index contributed by atoms with van der Waals surface area (Å²) in [5, 5.41) is 6.87. The van der Waals surface area contributed by atoms with Gasteiger partial charge < -0.3 is 4.42 Å².